The van der Waals surface area contributed by atoms with E-state index in [2.05, 4.69) is 42.2 Å². The minimum absolute atomic E-state index is 0.649. The van der Waals surface area contributed by atoms with Gasteiger partial charge in [0.25, 0.3) is 0 Å². The molecule has 0 aliphatic rings. The number of oxazole rings is 1. The quantitative estimate of drug-likeness (QED) is 0.832. The lowest BCUT2D eigenvalue weighted by atomic mass is 10.3. The van der Waals surface area contributed by atoms with Gasteiger partial charge in [0.15, 0.2) is 0 Å². The average Bonchev–Trinajstić information content (AvgIpc) is 3.05. The molecule has 2 aromatic heterocycles. The van der Waals surface area contributed by atoms with Gasteiger partial charge in [-0.1, -0.05) is 13.8 Å². The summed E-state index contributed by atoms with van der Waals surface area (Å²) in [7, 11) is 0. The van der Waals surface area contributed by atoms with Crippen molar-refractivity contribution in [2.45, 2.75) is 53.2 Å². The highest BCUT2D eigenvalue weighted by atomic mass is 16.4. The van der Waals surface area contributed by atoms with Crippen molar-refractivity contribution in [2.75, 3.05) is 0 Å². The molecule has 5 nitrogen and oxygen atoms in total. The molecule has 1 N–H and O–H groups in total. The lowest BCUT2D eigenvalue weighted by Gasteiger charge is -2.04. The SMILES string of the molecule is CCc1cc(CNCc2ncc(CC)o2)n(CC)n1. The van der Waals surface area contributed by atoms with Crippen LogP contribution in [-0.4, -0.2) is 14.8 Å². The monoisotopic (exact) mass is 262 g/mol. The predicted molar refractivity (Wildman–Crippen MR) is 73.7 cm³/mol. The molecule has 104 valence electrons. The lowest BCUT2D eigenvalue weighted by Crippen LogP contribution is -2.16. The first kappa shape index (κ1) is 13.8. The van der Waals surface area contributed by atoms with E-state index in [1.807, 2.05) is 4.68 Å². The normalized spacial score (nSPS) is 11.1. The molecule has 0 bridgehead atoms. The number of nitrogens with one attached hydrogen (secondary N) is 1. The maximum absolute atomic E-state index is 5.56. The standard InChI is InChI=1S/C14H22N4O/c1-4-11-7-12(18(6-3)17-11)8-15-10-14-16-9-13(5-2)19-14/h7,9,15H,4-6,8,10H2,1-3H3. The lowest BCUT2D eigenvalue weighted by molar-refractivity contribution is 0.435. The second-order valence-electron chi connectivity index (χ2n) is 4.47. The number of nitrogens with zero attached hydrogens (tertiary/aromatic N) is 3. The van der Waals surface area contributed by atoms with Gasteiger partial charge in [0, 0.05) is 19.5 Å². The van der Waals surface area contributed by atoms with Gasteiger partial charge in [-0.3, -0.25) is 4.68 Å². The Morgan fingerprint density at radius 1 is 1.21 bits per heavy atom. The number of hydrogen-bond donors (Lipinski definition) is 1. The van der Waals surface area contributed by atoms with E-state index in [0.29, 0.717) is 6.54 Å². The Balaban J connectivity index is 1.89. The van der Waals surface area contributed by atoms with Crippen LogP contribution >= 0.6 is 0 Å². The maximum atomic E-state index is 5.56. The highest BCUT2D eigenvalue weighted by molar-refractivity contribution is 5.10. The van der Waals surface area contributed by atoms with Gasteiger partial charge in [-0.25, -0.2) is 4.98 Å². The molecule has 0 aliphatic heterocycles. The molecule has 2 heterocycles. The van der Waals surface area contributed by atoms with Gasteiger partial charge >= 0.3 is 0 Å². The van der Waals surface area contributed by atoms with Crippen molar-refractivity contribution in [3.8, 4) is 0 Å². The zero-order chi connectivity index (χ0) is 13.7. The summed E-state index contributed by atoms with van der Waals surface area (Å²) in [5, 5.41) is 7.88. The smallest absolute Gasteiger partial charge is 0.208 e. The predicted octanol–water partition coefficient (Wildman–Crippen LogP) is 2.31. The van der Waals surface area contributed by atoms with Crippen molar-refractivity contribution in [1.29, 1.82) is 0 Å². The summed E-state index contributed by atoms with van der Waals surface area (Å²) in [5.41, 5.74) is 2.35. The summed E-state index contributed by atoms with van der Waals surface area (Å²) < 4.78 is 7.60. The molecule has 2 rings (SSSR count). The average molecular weight is 262 g/mol. The fourth-order valence-electron chi connectivity index (χ4n) is 1.99. The van der Waals surface area contributed by atoms with Crippen LogP contribution in [0.2, 0.25) is 0 Å². The molecule has 0 fully saturated rings. The Bertz CT molecular complexity index is 515. The Labute approximate surface area is 114 Å². The molecule has 0 aromatic carbocycles. The van der Waals surface area contributed by atoms with Gasteiger partial charge in [-0.2, -0.15) is 5.10 Å². The number of rotatable bonds is 7. The molecule has 5 heteroatoms. The molecule has 0 saturated carbocycles. The van der Waals surface area contributed by atoms with Gasteiger partial charge in [0.1, 0.15) is 5.76 Å². The third-order valence-electron chi connectivity index (χ3n) is 3.11. The van der Waals surface area contributed by atoms with Crippen molar-refractivity contribution < 1.29 is 4.42 Å². The van der Waals surface area contributed by atoms with Crippen molar-refractivity contribution >= 4 is 0 Å². The van der Waals surface area contributed by atoms with Crippen molar-refractivity contribution in [3.63, 3.8) is 0 Å². The van der Waals surface area contributed by atoms with Gasteiger partial charge in [0.2, 0.25) is 5.89 Å². The molecule has 19 heavy (non-hydrogen) atoms. The molecule has 0 aliphatic carbocycles. The molecule has 0 atom stereocenters. The van der Waals surface area contributed by atoms with E-state index >= 15 is 0 Å². The van der Waals surface area contributed by atoms with Crippen molar-refractivity contribution in [1.82, 2.24) is 20.1 Å². The second-order valence-corrected chi connectivity index (χ2v) is 4.47. The van der Waals surface area contributed by atoms with Crippen LogP contribution in [0.15, 0.2) is 16.7 Å². The molecule has 0 unspecified atom stereocenters. The maximum Gasteiger partial charge on any atom is 0.208 e. The number of hydrogen-bond acceptors (Lipinski definition) is 4. The molecule has 0 spiro atoms. The Morgan fingerprint density at radius 2 is 2.05 bits per heavy atom. The van der Waals surface area contributed by atoms with E-state index in [0.717, 1.165) is 43.3 Å². The van der Waals surface area contributed by atoms with Crippen LogP contribution in [0.1, 0.15) is 43.8 Å². The number of aromatic nitrogens is 3. The zero-order valence-corrected chi connectivity index (χ0v) is 11.9. The summed E-state index contributed by atoms with van der Waals surface area (Å²) in [6, 6.07) is 2.16. The second kappa shape index (κ2) is 6.52. The summed E-state index contributed by atoms with van der Waals surface area (Å²) >= 11 is 0. The van der Waals surface area contributed by atoms with Gasteiger partial charge in [-0.15, -0.1) is 0 Å². The summed E-state index contributed by atoms with van der Waals surface area (Å²) in [6.45, 7) is 8.62. The molecule has 2 aromatic rings. The first-order chi connectivity index (χ1) is 9.26. The highest BCUT2D eigenvalue weighted by Crippen LogP contribution is 2.07. The van der Waals surface area contributed by atoms with Crippen LogP contribution in [0, 0.1) is 0 Å². The summed E-state index contributed by atoms with van der Waals surface area (Å²) in [4.78, 5) is 4.23. The van der Waals surface area contributed by atoms with Crippen LogP contribution in [0.5, 0.6) is 0 Å². The first-order valence-corrected chi connectivity index (χ1v) is 6.96. The van der Waals surface area contributed by atoms with Crippen LogP contribution in [0.4, 0.5) is 0 Å². The summed E-state index contributed by atoms with van der Waals surface area (Å²) in [6.07, 6.45) is 3.65. The third kappa shape index (κ3) is 3.44. The van der Waals surface area contributed by atoms with E-state index < -0.39 is 0 Å². The largest absolute Gasteiger partial charge is 0.444 e. The van der Waals surface area contributed by atoms with E-state index in [1.54, 1.807) is 6.20 Å². The van der Waals surface area contributed by atoms with E-state index in [1.165, 1.54) is 5.69 Å². The van der Waals surface area contributed by atoms with Gasteiger partial charge < -0.3 is 9.73 Å². The molecule has 0 saturated heterocycles. The van der Waals surface area contributed by atoms with Crippen molar-refractivity contribution in [2.24, 2.45) is 0 Å². The molecule has 0 amide bonds. The first-order valence-electron chi connectivity index (χ1n) is 6.96. The zero-order valence-electron chi connectivity index (χ0n) is 11.9. The third-order valence-corrected chi connectivity index (χ3v) is 3.11. The van der Waals surface area contributed by atoms with Gasteiger partial charge in [-0.05, 0) is 19.4 Å². The van der Waals surface area contributed by atoms with Crippen LogP contribution in [0.25, 0.3) is 0 Å². The Kier molecular flexibility index (Phi) is 4.74. The number of aryl methyl sites for hydroxylation is 3. The fraction of sp³-hybridized carbons (Fsp3) is 0.571. The Morgan fingerprint density at radius 3 is 2.68 bits per heavy atom. The van der Waals surface area contributed by atoms with E-state index in [9.17, 15) is 0 Å². The summed E-state index contributed by atoms with van der Waals surface area (Å²) in [5.74, 6) is 1.68. The van der Waals surface area contributed by atoms with E-state index in [-0.39, 0.29) is 0 Å². The minimum atomic E-state index is 0.649. The van der Waals surface area contributed by atoms with Gasteiger partial charge in [0.05, 0.1) is 24.1 Å². The van der Waals surface area contributed by atoms with Crippen LogP contribution in [-0.2, 0) is 32.5 Å². The minimum Gasteiger partial charge on any atom is -0.444 e. The molecular weight excluding hydrogens is 240 g/mol. The van der Waals surface area contributed by atoms with Crippen LogP contribution in [0.3, 0.4) is 0 Å². The molecule has 0 radical (unpaired) electrons. The Hall–Kier alpha value is -1.62. The topological polar surface area (TPSA) is 55.9 Å². The fourth-order valence-corrected chi connectivity index (χ4v) is 1.99. The highest BCUT2D eigenvalue weighted by Gasteiger charge is 2.06. The van der Waals surface area contributed by atoms with Crippen LogP contribution < -0.4 is 5.32 Å². The molecular formula is C14H22N4O. The van der Waals surface area contributed by atoms with E-state index in [4.69, 9.17) is 4.42 Å². The van der Waals surface area contributed by atoms with Crippen molar-refractivity contribution in [3.05, 3.63) is 35.3 Å².